The Morgan fingerprint density at radius 2 is 1.97 bits per heavy atom. The van der Waals surface area contributed by atoms with Crippen LogP contribution in [0.1, 0.15) is 47.1 Å². The second kappa shape index (κ2) is 7.24. The fourth-order valence-electron chi connectivity index (χ4n) is 2.75. The summed E-state index contributed by atoms with van der Waals surface area (Å²) >= 11 is 0.960. The zero-order valence-corrected chi connectivity index (χ0v) is 16.1. The van der Waals surface area contributed by atoms with Gasteiger partial charge in [-0.05, 0) is 44.0 Å². The van der Waals surface area contributed by atoms with E-state index in [-0.39, 0.29) is 27.6 Å². The molecule has 1 atom stereocenters. The minimum absolute atomic E-state index is 0.0371. The Bertz CT molecular complexity index is 1080. The molecule has 9 nitrogen and oxygen atoms in total. The number of anilines is 3. The largest absolute Gasteiger partial charge is 0.382 e. The maximum atomic E-state index is 13.3. The number of amides is 1. The maximum Gasteiger partial charge on any atom is 0.300 e. The second-order valence-electron chi connectivity index (χ2n) is 6.70. The first-order valence-corrected chi connectivity index (χ1v) is 9.65. The van der Waals surface area contributed by atoms with Crippen LogP contribution in [0.15, 0.2) is 28.8 Å². The SMILES string of the molecule is CC(C(N)=O)N(c1ccc(F)cc1)c1nc(N)c(C(=O)c2nc(C3CC3)no2)s1. The number of carbonyl (C=O) groups is 2. The summed E-state index contributed by atoms with van der Waals surface area (Å²) in [6.45, 7) is 1.57. The highest BCUT2D eigenvalue weighted by atomic mass is 32.1. The molecule has 11 heteroatoms. The highest BCUT2D eigenvalue weighted by Crippen LogP contribution is 2.39. The average molecular weight is 416 g/mol. The molecule has 0 bridgehead atoms. The van der Waals surface area contributed by atoms with Gasteiger partial charge in [0, 0.05) is 11.6 Å². The Kier molecular flexibility index (Phi) is 4.74. The molecule has 1 aliphatic carbocycles. The lowest BCUT2D eigenvalue weighted by Gasteiger charge is -2.26. The van der Waals surface area contributed by atoms with Crippen molar-refractivity contribution >= 4 is 39.7 Å². The minimum Gasteiger partial charge on any atom is -0.382 e. The van der Waals surface area contributed by atoms with Crippen molar-refractivity contribution in [2.75, 3.05) is 10.6 Å². The van der Waals surface area contributed by atoms with E-state index in [0.717, 1.165) is 24.2 Å². The Morgan fingerprint density at radius 1 is 1.28 bits per heavy atom. The summed E-state index contributed by atoms with van der Waals surface area (Å²) < 4.78 is 18.4. The predicted molar refractivity (Wildman–Crippen MR) is 103 cm³/mol. The van der Waals surface area contributed by atoms with Crippen LogP contribution in [0.2, 0.25) is 0 Å². The number of nitrogens with zero attached hydrogens (tertiary/aromatic N) is 4. The van der Waals surface area contributed by atoms with Gasteiger partial charge < -0.3 is 20.9 Å². The summed E-state index contributed by atoms with van der Waals surface area (Å²) in [4.78, 5) is 34.6. The van der Waals surface area contributed by atoms with Crippen molar-refractivity contribution in [2.45, 2.75) is 31.7 Å². The van der Waals surface area contributed by atoms with Gasteiger partial charge in [0.25, 0.3) is 11.7 Å². The summed E-state index contributed by atoms with van der Waals surface area (Å²) in [5.41, 5.74) is 11.9. The van der Waals surface area contributed by atoms with Gasteiger partial charge in [-0.1, -0.05) is 16.5 Å². The fourth-order valence-corrected chi connectivity index (χ4v) is 3.76. The van der Waals surface area contributed by atoms with Gasteiger partial charge in [-0.2, -0.15) is 4.98 Å². The fraction of sp³-hybridized carbons (Fsp3) is 0.278. The zero-order valence-electron chi connectivity index (χ0n) is 15.3. The van der Waals surface area contributed by atoms with Gasteiger partial charge in [-0.3, -0.25) is 9.59 Å². The molecule has 0 radical (unpaired) electrons. The first kappa shape index (κ1) is 19.0. The van der Waals surface area contributed by atoms with Crippen LogP contribution in [0.5, 0.6) is 0 Å². The van der Waals surface area contributed by atoms with E-state index in [4.69, 9.17) is 16.0 Å². The van der Waals surface area contributed by atoms with Crippen LogP contribution in [-0.4, -0.2) is 32.9 Å². The van der Waals surface area contributed by atoms with Gasteiger partial charge in [-0.15, -0.1) is 0 Å². The van der Waals surface area contributed by atoms with Gasteiger partial charge in [0.05, 0.1) is 0 Å². The van der Waals surface area contributed by atoms with Crippen molar-refractivity contribution in [2.24, 2.45) is 5.73 Å². The number of carbonyl (C=O) groups excluding carboxylic acids is 2. The van der Waals surface area contributed by atoms with Crippen molar-refractivity contribution < 1.29 is 18.5 Å². The smallest absolute Gasteiger partial charge is 0.300 e. The van der Waals surface area contributed by atoms with Crippen molar-refractivity contribution in [3.8, 4) is 0 Å². The zero-order chi connectivity index (χ0) is 20.7. The average Bonchev–Trinajstić information content (AvgIpc) is 3.30. The Labute approximate surface area is 168 Å². The number of aromatic nitrogens is 3. The number of hydrogen-bond donors (Lipinski definition) is 2. The molecule has 1 amide bonds. The number of primary amides is 1. The van der Waals surface area contributed by atoms with E-state index in [2.05, 4.69) is 15.1 Å². The number of benzene rings is 1. The van der Waals surface area contributed by atoms with E-state index in [1.54, 1.807) is 6.92 Å². The van der Waals surface area contributed by atoms with E-state index < -0.39 is 23.5 Å². The number of nitrogen functional groups attached to an aromatic ring is 1. The Balaban J connectivity index is 1.69. The molecule has 29 heavy (non-hydrogen) atoms. The maximum absolute atomic E-state index is 13.3. The molecule has 2 heterocycles. The molecule has 1 aliphatic rings. The molecule has 0 saturated heterocycles. The standard InChI is InChI=1S/C18H17FN6O3S/c1-8(15(21)27)25(11-6-4-10(19)5-7-11)18-22-14(20)13(29-18)12(26)17-23-16(24-28-17)9-2-3-9/h4-9H,2-3,20H2,1H3,(H2,21,27). The lowest BCUT2D eigenvalue weighted by molar-refractivity contribution is -0.118. The van der Waals surface area contributed by atoms with E-state index in [9.17, 15) is 14.0 Å². The minimum atomic E-state index is -0.821. The van der Waals surface area contributed by atoms with Crippen LogP contribution in [0.4, 0.5) is 21.0 Å². The summed E-state index contributed by atoms with van der Waals surface area (Å²) in [5.74, 6) is -1.06. The molecule has 1 fully saturated rings. The van der Waals surface area contributed by atoms with Crippen molar-refractivity contribution in [3.63, 3.8) is 0 Å². The van der Waals surface area contributed by atoms with Gasteiger partial charge in [0.15, 0.2) is 11.0 Å². The summed E-state index contributed by atoms with van der Waals surface area (Å²) in [6, 6.07) is 4.63. The van der Waals surface area contributed by atoms with Gasteiger partial charge >= 0.3 is 0 Å². The molecule has 4 N–H and O–H groups in total. The molecule has 2 aromatic heterocycles. The van der Waals surface area contributed by atoms with Crippen LogP contribution in [0.25, 0.3) is 0 Å². The molecular weight excluding hydrogens is 399 g/mol. The number of halogens is 1. The molecule has 1 aromatic carbocycles. The molecular formula is C18H17FN6O3S. The number of nitrogens with two attached hydrogens (primary N) is 2. The highest BCUT2D eigenvalue weighted by Gasteiger charge is 2.32. The van der Waals surface area contributed by atoms with Crippen LogP contribution in [0.3, 0.4) is 0 Å². The Morgan fingerprint density at radius 3 is 2.59 bits per heavy atom. The molecule has 1 saturated carbocycles. The monoisotopic (exact) mass is 416 g/mol. The first-order valence-electron chi connectivity index (χ1n) is 8.84. The first-order chi connectivity index (χ1) is 13.8. The summed E-state index contributed by atoms with van der Waals surface area (Å²) in [5, 5.41) is 4.09. The third-order valence-corrected chi connectivity index (χ3v) is 5.61. The Hall–Kier alpha value is -3.34. The lowest BCUT2D eigenvalue weighted by Crippen LogP contribution is -2.39. The quantitative estimate of drug-likeness (QED) is 0.559. The van der Waals surface area contributed by atoms with Crippen molar-refractivity contribution in [1.29, 1.82) is 0 Å². The van der Waals surface area contributed by atoms with Gasteiger partial charge in [-0.25, -0.2) is 9.37 Å². The van der Waals surface area contributed by atoms with Crippen LogP contribution in [0, 0.1) is 5.82 Å². The topological polar surface area (TPSA) is 141 Å². The van der Waals surface area contributed by atoms with Gasteiger partial charge in [0.1, 0.15) is 22.6 Å². The molecule has 0 spiro atoms. The van der Waals surface area contributed by atoms with Crippen LogP contribution in [-0.2, 0) is 4.79 Å². The number of ketones is 1. The predicted octanol–water partition coefficient (Wildman–Crippen LogP) is 2.37. The van der Waals surface area contributed by atoms with Crippen LogP contribution >= 0.6 is 11.3 Å². The van der Waals surface area contributed by atoms with Crippen LogP contribution < -0.4 is 16.4 Å². The number of rotatable bonds is 7. The number of hydrogen-bond acceptors (Lipinski definition) is 9. The van der Waals surface area contributed by atoms with E-state index in [1.807, 2.05) is 0 Å². The molecule has 150 valence electrons. The van der Waals surface area contributed by atoms with Crippen molar-refractivity contribution in [1.82, 2.24) is 15.1 Å². The summed E-state index contributed by atoms with van der Waals surface area (Å²) in [6.07, 6.45) is 1.94. The third-order valence-electron chi connectivity index (χ3n) is 4.54. The van der Waals surface area contributed by atoms with E-state index in [0.29, 0.717) is 11.5 Å². The second-order valence-corrected chi connectivity index (χ2v) is 7.67. The number of thiazole rings is 1. The van der Waals surface area contributed by atoms with E-state index in [1.165, 1.54) is 29.2 Å². The lowest BCUT2D eigenvalue weighted by atomic mass is 10.2. The highest BCUT2D eigenvalue weighted by molar-refractivity contribution is 7.18. The molecule has 4 rings (SSSR count). The van der Waals surface area contributed by atoms with E-state index >= 15 is 0 Å². The molecule has 3 aromatic rings. The summed E-state index contributed by atoms with van der Waals surface area (Å²) in [7, 11) is 0. The molecule has 0 aliphatic heterocycles. The molecule has 1 unspecified atom stereocenters. The van der Waals surface area contributed by atoms with Gasteiger partial charge in [0.2, 0.25) is 5.91 Å². The normalized spacial score (nSPS) is 14.6. The van der Waals surface area contributed by atoms with Crippen molar-refractivity contribution in [3.05, 3.63) is 46.7 Å². The third kappa shape index (κ3) is 3.68.